The van der Waals surface area contributed by atoms with Gasteiger partial charge in [0.05, 0.1) is 12.5 Å². The van der Waals surface area contributed by atoms with E-state index in [0.717, 1.165) is 50.9 Å². The molecule has 1 N–H and O–H groups in total. The van der Waals surface area contributed by atoms with Crippen molar-refractivity contribution in [2.75, 3.05) is 13.2 Å². The Morgan fingerprint density at radius 2 is 0.836 bits per heavy atom. The van der Waals surface area contributed by atoms with E-state index in [4.69, 9.17) is 9.84 Å². The molecule has 0 heterocycles. The van der Waals surface area contributed by atoms with Crippen molar-refractivity contribution in [3.05, 3.63) is 0 Å². The maximum Gasteiger partial charge on any atom is 0.308 e. The van der Waals surface area contributed by atoms with E-state index in [-0.39, 0.29) is 11.9 Å². The van der Waals surface area contributed by atoms with E-state index in [1.807, 2.05) is 0 Å². The Morgan fingerprint density at radius 1 is 0.475 bits per heavy atom. The Kier molecular flexibility index (Phi) is 49.5. The second-order valence-corrected chi connectivity index (χ2v) is 20.2. The lowest BCUT2D eigenvalue weighted by Gasteiger charge is -2.30. The zero-order valence-corrected chi connectivity index (χ0v) is 43.3. The summed E-state index contributed by atoms with van der Waals surface area (Å²) in [5.41, 5.74) is 0.521. The van der Waals surface area contributed by atoms with Gasteiger partial charge in [0.1, 0.15) is 5.78 Å². The number of hydrogen-bond acceptors (Lipinski definition) is 4. The third-order valence-corrected chi connectivity index (χ3v) is 13.7. The van der Waals surface area contributed by atoms with Gasteiger partial charge < -0.3 is 9.84 Å². The fourth-order valence-corrected chi connectivity index (χ4v) is 8.94. The van der Waals surface area contributed by atoms with E-state index >= 15 is 0 Å². The summed E-state index contributed by atoms with van der Waals surface area (Å²) in [6.07, 6.45) is 52.7. The largest absolute Gasteiger partial charge is 0.465 e. The van der Waals surface area contributed by atoms with Crippen LogP contribution < -0.4 is 0 Å². The fraction of sp³-hybridized carbons (Fsp3) is 0.965. The third-order valence-electron chi connectivity index (χ3n) is 13.7. The Hall–Kier alpha value is -0.900. The molecule has 4 nitrogen and oxygen atoms in total. The number of ketones is 1. The van der Waals surface area contributed by atoms with E-state index < -0.39 is 0 Å². The first-order valence-corrected chi connectivity index (χ1v) is 28.0. The number of carbonyl (C=O) groups excluding carboxylic acids is 2. The molecule has 366 valence electrons. The van der Waals surface area contributed by atoms with E-state index in [1.54, 1.807) is 6.92 Å². The van der Waals surface area contributed by atoms with Crippen LogP contribution in [0.15, 0.2) is 0 Å². The van der Waals surface area contributed by atoms with Crippen LogP contribution in [0.3, 0.4) is 0 Å². The number of hydrogen-bond donors (Lipinski definition) is 1. The van der Waals surface area contributed by atoms with Gasteiger partial charge in [-0.15, -0.1) is 0 Å². The molecule has 0 bridgehead atoms. The first kappa shape index (κ1) is 62.2. The van der Waals surface area contributed by atoms with E-state index in [1.165, 1.54) is 218 Å². The zero-order valence-electron chi connectivity index (χ0n) is 43.3. The molecule has 0 amide bonds. The minimum atomic E-state index is 0.101. The van der Waals surface area contributed by atoms with Crippen LogP contribution in [0.5, 0.6) is 0 Å². The van der Waals surface area contributed by atoms with E-state index in [9.17, 15) is 9.59 Å². The lowest BCUT2D eigenvalue weighted by Crippen LogP contribution is -2.19. The third kappa shape index (κ3) is 45.5. The Labute approximate surface area is 384 Å². The molecule has 0 spiro atoms. The van der Waals surface area contributed by atoms with E-state index in [0.29, 0.717) is 30.3 Å². The number of Topliss-reactive ketones (excluding diaryl/α,β-unsaturated/α-hetero) is 1. The van der Waals surface area contributed by atoms with Crippen molar-refractivity contribution in [2.24, 2.45) is 23.2 Å². The van der Waals surface area contributed by atoms with Gasteiger partial charge in [0.15, 0.2) is 0 Å². The Bertz CT molecular complexity index is 879. The highest BCUT2D eigenvalue weighted by Gasteiger charge is 2.24. The van der Waals surface area contributed by atoms with Gasteiger partial charge in [-0.3, -0.25) is 9.59 Å². The molecule has 61 heavy (non-hydrogen) atoms. The van der Waals surface area contributed by atoms with Crippen molar-refractivity contribution in [3.63, 3.8) is 0 Å². The van der Waals surface area contributed by atoms with Crippen molar-refractivity contribution < 1.29 is 19.4 Å². The second kappa shape index (κ2) is 48.6. The molecule has 1 saturated carbocycles. The van der Waals surface area contributed by atoms with Gasteiger partial charge >= 0.3 is 5.97 Å². The molecule has 3 unspecified atom stereocenters. The number of aliphatic hydroxyl groups is 1. The number of aliphatic hydroxyl groups excluding tert-OH is 1. The van der Waals surface area contributed by atoms with Crippen molar-refractivity contribution in [2.45, 2.75) is 319 Å². The van der Waals surface area contributed by atoms with Crippen LogP contribution in [0, 0.1) is 23.2 Å². The Morgan fingerprint density at radius 3 is 1.25 bits per heavy atom. The molecule has 3 atom stereocenters. The van der Waals surface area contributed by atoms with Gasteiger partial charge in [-0.2, -0.15) is 0 Å². The first-order chi connectivity index (χ1) is 29.7. The van der Waals surface area contributed by atoms with E-state index in [2.05, 4.69) is 48.5 Å². The lowest BCUT2D eigenvalue weighted by molar-refractivity contribution is -0.149. The molecule has 1 rings (SSSR count). The number of esters is 1. The summed E-state index contributed by atoms with van der Waals surface area (Å²) in [4.78, 5) is 24.5. The van der Waals surface area contributed by atoms with Crippen molar-refractivity contribution in [3.8, 4) is 0 Å². The van der Waals surface area contributed by atoms with Crippen molar-refractivity contribution >= 4 is 11.8 Å². The van der Waals surface area contributed by atoms with Gasteiger partial charge in [-0.25, -0.2) is 0 Å². The standard InChI is InChI=1S/C35H68O2.C17H34O.C5H12O/c1-5-8-11-13-14-19-25-33(24-18-12-9-6-2)34(36)37-31-22-16-21-30-35(4,28-10-7-3)29-20-15-17-23-32-26-27-32;1-4-6-8-10-11-13-15-17(16(3)18)14-12-9-7-5-2;1-2-3-4-5-6/h32-33H,5-31H2,1-4H3;17H,4-15H2,1-3H3;6H,2-5H2,1H3. The molecule has 0 aromatic heterocycles. The number of rotatable bonds is 44. The summed E-state index contributed by atoms with van der Waals surface area (Å²) < 4.78 is 5.83. The molecule has 1 aliphatic carbocycles. The topological polar surface area (TPSA) is 63.6 Å². The average molecular weight is 864 g/mol. The highest BCUT2D eigenvalue weighted by Crippen LogP contribution is 2.38. The second-order valence-electron chi connectivity index (χ2n) is 20.2. The summed E-state index contributed by atoms with van der Waals surface area (Å²) in [6.45, 7) is 18.8. The van der Waals surface area contributed by atoms with Crippen LogP contribution >= 0.6 is 0 Å². The highest BCUT2D eigenvalue weighted by molar-refractivity contribution is 5.78. The van der Waals surface area contributed by atoms with Crippen LogP contribution in [-0.4, -0.2) is 30.1 Å². The molecular weight excluding hydrogens is 749 g/mol. The van der Waals surface area contributed by atoms with Crippen molar-refractivity contribution in [1.82, 2.24) is 0 Å². The predicted molar refractivity (Wildman–Crippen MR) is 271 cm³/mol. The van der Waals surface area contributed by atoms with Gasteiger partial charge in [0, 0.05) is 12.5 Å². The molecular formula is C57H114O4. The fourth-order valence-electron chi connectivity index (χ4n) is 8.94. The summed E-state index contributed by atoms with van der Waals surface area (Å²) in [5, 5.41) is 8.20. The quantitative estimate of drug-likeness (QED) is 0.0490. The van der Waals surface area contributed by atoms with Gasteiger partial charge in [0.2, 0.25) is 0 Å². The molecule has 0 aromatic rings. The molecule has 4 heteroatoms. The summed E-state index contributed by atoms with van der Waals surface area (Å²) in [7, 11) is 0. The predicted octanol–water partition coefficient (Wildman–Crippen LogP) is 19.1. The van der Waals surface area contributed by atoms with Crippen LogP contribution in [-0.2, 0) is 14.3 Å². The van der Waals surface area contributed by atoms with Crippen LogP contribution in [0.2, 0.25) is 0 Å². The van der Waals surface area contributed by atoms with Crippen LogP contribution in [0.4, 0.5) is 0 Å². The Balaban J connectivity index is 0. The first-order valence-electron chi connectivity index (χ1n) is 28.0. The molecule has 0 radical (unpaired) electrons. The van der Waals surface area contributed by atoms with Gasteiger partial charge in [-0.1, -0.05) is 254 Å². The number of unbranched alkanes of at least 4 members (excludes halogenated alkanes) is 23. The molecule has 1 aliphatic rings. The summed E-state index contributed by atoms with van der Waals surface area (Å²) >= 11 is 0. The minimum absolute atomic E-state index is 0.101. The van der Waals surface area contributed by atoms with Crippen molar-refractivity contribution in [1.29, 1.82) is 0 Å². The monoisotopic (exact) mass is 863 g/mol. The SMILES string of the molecule is CCCCCCCCC(CCCCCC)C(=O)OCCCCCC(C)(CCCC)CCCCCC1CC1.CCCCCCCCC(CCCCCC)C(C)=O.CCCCCO. The molecule has 0 saturated heterocycles. The lowest BCUT2D eigenvalue weighted by atomic mass is 9.76. The average Bonchev–Trinajstić information content (AvgIpc) is 4.09. The zero-order chi connectivity index (χ0) is 45.5. The molecule has 0 aliphatic heterocycles. The molecule has 0 aromatic carbocycles. The minimum Gasteiger partial charge on any atom is -0.465 e. The number of ether oxygens (including phenoxy) is 1. The molecule has 1 fully saturated rings. The summed E-state index contributed by atoms with van der Waals surface area (Å²) in [6, 6.07) is 0. The van der Waals surface area contributed by atoms with Gasteiger partial charge in [0.25, 0.3) is 0 Å². The van der Waals surface area contributed by atoms with Crippen LogP contribution in [0.1, 0.15) is 319 Å². The van der Waals surface area contributed by atoms with Gasteiger partial charge in [-0.05, 0) is 76.0 Å². The normalized spacial score (nSPS) is 14.3. The number of carbonyl (C=O) groups is 2. The summed E-state index contributed by atoms with van der Waals surface area (Å²) in [5.74, 6) is 2.10. The smallest absolute Gasteiger partial charge is 0.308 e. The maximum absolute atomic E-state index is 12.9. The van der Waals surface area contributed by atoms with Crippen LogP contribution in [0.25, 0.3) is 0 Å². The highest BCUT2D eigenvalue weighted by atomic mass is 16.5. The maximum atomic E-state index is 12.9.